The molecule has 4 rings (SSSR count). The van der Waals surface area contributed by atoms with Crippen LogP contribution in [-0.2, 0) is 6.54 Å². The van der Waals surface area contributed by atoms with Crippen LogP contribution in [-0.4, -0.2) is 33.6 Å². The second-order valence-electron chi connectivity index (χ2n) is 7.45. The Morgan fingerprint density at radius 1 is 1.00 bits per heavy atom. The Bertz CT molecular complexity index is 1280. The van der Waals surface area contributed by atoms with Crippen molar-refractivity contribution in [2.45, 2.75) is 20.4 Å². The number of benzene rings is 2. The summed E-state index contributed by atoms with van der Waals surface area (Å²) in [5, 5.41) is 10.6. The lowest BCUT2D eigenvalue weighted by molar-refractivity contribution is 0.0961. The average Bonchev–Trinajstić information content (AvgIpc) is 3.16. The fourth-order valence-corrected chi connectivity index (χ4v) is 3.42. The van der Waals surface area contributed by atoms with Crippen LogP contribution in [0.2, 0.25) is 0 Å². The van der Waals surface area contributed by atoms with E-state index in [0.717, 1.165) is 11.3 Å². The number of aromatic nitrogens is 3. The van der Waals surface area contributed by atoms with Gasteiger partial charge in [0, 0.05) is 24.0 Å². The van der Waals surface area contributed by atoms with Gasteiger partial charge >= 0.3 is 0 Å². The van der Waals surface area contributed by atoms with E-state index >= 15 is 0 Å². The first-order valence-electron chi connectivity index (χ1n) is 9.97. The highest BCUT2D eigenvalue weighted by molar-refractivity contribution is 6.12. The second kappa shape index (κ2) is 8.39. The molecule has 7 heteroatoms. The third-order valence-electron chi connectivity index (χ3n) is 5.04. The van der Waals surface area contributed by atoms with Crippen molar-refractivity contribution in [2.75, 3.05) is 12.4 Å². The van der Waals surface area contributed by atoms with Crippen LogP contribution in [0, 0.1) is 13.8 Å². The minimum absolute atomic E-state index is 0.212. The van der Waals surface area contributed by atoms with Crippen LogP contribution in [0.1, 0.15) is 37.5 Å². The molecule has 31 heavy (non-hydrogen) atoms. The van der Waals surface area contributed by atoms with Crippen molar-refractivity contribution >= 4 is 28.5 Å². The maximum absolute atomic E-state index is 13.1. The van der Waals surface area contributed by atoms with Gasteiger partial charge in [-0.3, -0.25) is 9.59 Å². The average molecular weight is 413 g/mol. The van der Waals surface area contributed by atoms with Gasteiger partial charge in [-0.25, -0.2) is 9.67 Å². The predicted octanol–water partition coefficient (Wildman–Crippen LogP) is 3.71. The van der Waals surface area contributed by atoms with E-state index in [2.05, 4.69) is 45.0 Å². The number of carbonyl (C=O) groups is 2. The topological polar surface area (TPSA) is 88.9 Å². The molecule has 0 unspecified atom stereocenters. The van der Waals surface area contributed by atoms with Crippen molar-refractivity contribution in [2.24, 2.45) is 0 Å². The summed E-state index contributed by atoms with van der Waals surface area (Å²) in [5.41, 5.74) is 5.19. The first kappa shape index (κ1) is 20.3. The fourth-order valence-electron chi connectivity index (χ4n) is 3.42. The fraction of sp³-hybridized carbons (Fsp3) is 0.167. The second-order valence-corrected chi connectivity index (χ2v) is 7.45. The van der Waals surface area contributed by atoms with E-state index in [0.29, 0.717) is 34.4 Å². The summed E-state index contributed by atoms with van der Waals surface area (Å²) in [4.78, 5) is 29.5. The quantitative estimate of drug-likeness (QED) is 0.522. The summed E-state index contributed by atoms with van der Waals surface area (Å²) in [7, 11) is 1.57. The molecule has 0 radical (unpaired) electrons. The monoisotopic (exact) mass is 413 g/mol. The molecule has 0 fully saturated rings. The third kappa shape index (κ3) is 4.30. The Morgan fingerprint density at radius 3 is 2.52 bits per heavy atom. The summed E-state index contributed by atoms with van der Waals surface area (Å²) in [5.74, 6) is -0.491. The first-order chi connectivity index (χ1) is 14.9. The summed E-state index contributed by atoms with van der Waals surface area (Å²) in [6, 6.07) is 16.8. The normalized spacial score (nSPS) is 10.8. The van der Waals surface area contributed by atoms with E-state index in [1.165, 1.54) is 5.56 Å². The Morgan fingerprint density at radius 2 is 1.77 bits per heavy atom. The Labute approximate surface area is 180 Å². The number of carbonyl (C=O) groups excluding carboxylic acids is 2. The van der Waals surface area contributed by atoms with E-state index in [9.17, 15) is 9.59 Å². The number of anilines is 1. The molecule has 0 aliphatic rings. The van der Waals surface area contributed by atoms with Crippen molar-refractivity contribution in [3.63, 3.8) is 0 Å². The summed E-state index contributed by atoms with van der Waals surface area (Å²) >= 11 is 0. The van der Waals surface area contributed by atoms with E-state index in [1.807, 2.05) is 13.8 Å². The molecular formula is C24H23N5O2. The number of amides is 2. The molecule has 2 amide bonds. The molecule has 0 atom stereocenters. The van der Waals surface area contributed by atoms with E-state index in [-0.39, 0.29) is 11.8 Å². The molecule has 2 heterocycles. The number of nitrogens with one attached hydrogen (secondary N) is 2. The maximum atomic E-state index is 13.1. The highest BCUT2D eigenvalue weighted by atomic mass is 16.2. The zero-order valence-corrected chi connectivity index (χ0v) is 17.6. The van der Waals surface area contributed by atoms with Crippen molar-refractivity contribution < 1.29 is 9.59 Å². The highest BCUT2D eigenvalue weighted by Crippen LogP contribution is 2.21. The lowest BCUT2D eigenvalue weighted by Gasteiger charge is -2.09. The molecule has 7 nitrogen and oxygen atoms in total. The zero-order chi connectivity index (χ0) is 22.0. The SMILES string of the molecule is CNC(=O)c1cccc(NC(=O)c2cc(C)nc3c2cnn3Cc2ccc(C)cc2)c1. The van der Waals surface area contributed by atoms with Crippen LogP contribution in [0.15, 0.2) is 60.8 Å². The van der Waals surface area contributed by atoms with Gasteiger partial charge in [0.2, 0.25) is 0 Å². The van der Waals surface area contributed by atoms with Gasteiger partial charge < -0.3 is 10.6 Å². The molecule has 0 aliphatic heterocycles. The summed E-state index contributed by atoms with van der Waals surface area (Å²) in [6.45, 7) is 4.47. The molecule has 0 saturated heterocycles. The largest absolute Gasteiger partial charge is 0.355 e. The first-order valence-corrected chi connectivity index (χ1v) is 9.97. The van der Waals surface area contributed by atoms with Crippen molar-refractivity contribution in [1.29, 1.82) is 0 Å². The Hall–Kier alpha value is -4.00. The third-order valence-corrected chi connectivity index (χ3v) is 5.04. The minimum atomic E-state index is -0.278. The smallest absolute Gasteiger partial charge is 0.256 e. The van der Waals surface area contributed by atoms with E-state index < -0.39 is 0 Å². The van der Waals surface area contributed by atoms with Crippen LogP contribution >= 0.6 is 0 Å². The lowest BCUT2D eigenvalue weighted by atomic mass is 10.1. The highest BCUT2D eigenvalue weighted by Gasteiger charge is 2.17. The molecule has 4 aromatic rings. The molecule has 0 aliphatic carbocycles. The molecule has 0 saturated carbocycles. The lowest BCUT2D eigenvalue weighted by Crippen LogP contribution is -2.18. The van der Waals surface area contributed by atoms with Crippen LogP contribution in [0.4, 0.5) is 5.69 Å². The van der Waals surface area contributed by atoms with E-state index in [1.54, 1.807) is 48.3 Å². The van der Waals surface area contributed by atoms with Gasteiger partial charge in [-0.15, -0.1) is 0 Å². The van der Waals surface area contributed by atoms with Crippen molar-refractivity contribution in [3.05, 3.63) is 88.7 Å². The number of aryl methyl sites for hydroxylation is 2. The Kier molecular flexibility index (Phi) is 5.49. The molecule has 156 valence electrons. The van der Waals surface area contributed by atoms with Gasteiger partial charge in [-0.1, -0.05) is 35.9 Å². The minimum Gasteiger partial charge on any atom is -0.355 e. The van der Waals surface area contributed by atoms with Crippen LogP contribution in [0.5, 0.6) is 0 Å². The van der Waals surface area contributed by atoms with Gasteiger partial charge in [0.15, 0.2) is 5.65 Å². The number of hydrogen-bond donors (Lipinski definition) is 2. The Balaban J connectivity index is 1.65. The molecule has 0 spiro atoms. The molecule has 2 aromatic heterocycles. The van der Waals surface area contributed by atoms with Crippen LogP contribution in [0.25, 0.3) is 11.0 Å². The van der Waals surface area contributed by atoms with Crippen molar-refractivity contribution in [3.8, 4) is 0 Å². The predicted molar refractivity (Wildman–Crippen MR) is 120 cm³/mol. The summed E-state index contributed by atoms with van der Waals surface area (Å²) in [6.07, 6.45) is 1.67. The molecule has 2 N–H and O–H groups in total. The number of nitrogens with zero attached hydrogens (tertiary/aromatic N) is 3. The van der Waals surface area contributed by atoms with E-state index in [4.69, 9.17) is 0 Å². The van der Waals surface area contributed by atoms with Crippen LogP contribution < -0.4 is 10.6 Å². The molecule has 0 bridgehead atoms. The number of hydrogen-bond acceptors (Lipinski definition) is 4. The van der Waals surface area contributed by atoms with Gasteiger partial charge in [-0.2, -0.15) is 5.10 Å². The van der Waals surface area contributed by atoms with Gasteiger partial charge in [0.25, 0.3) is 11.8 Å². The number of fused-ring (bicyclic) bond motifs is 1. The molecular weight excluding hydrogens is 390 g/mol. The zero-order valence-electron chi connectivity index (χ0n) is 17.6. The van der Waals surface area contributed by atoms with Gasteiger partial charge in [0.05, 0.1) is 23.7 Å². The van der Waals surface area contributed by atoms with Gasteiger partial charge in [-0.05, 0) is 43.7 Å². The van der Waals surface area contributed by atoms with Crippen LogP contribution in [0.3, 0.4) is 0 Å². The summed E-state index contributed by atoms with van der Waals surface area (Å²) < 4.78 is 1.80. The molecule has 2 aromatic carbocycles. The standard InChI is InChI=1S/C24H23N5O2/c1-15-7-9-17(10-8-15)14-29-22-21(13-26-29)20(11-16(2)27-22)24(31)28-19-6-4-5-18(12-19)23(30)25-3/h4-13H,14H2,1-3H3,(H,25,30)(H,28,31). The maximum Gasteiger partial charge on any atom is 0.256 e. The number of pyridine rings is 1. The van der Waals surface area contributed by atoms with Crippen molar-refractivity contribution in [1.82, 2.24) is 20.1 Å². The van der Waals surface area contributed by atoms with Gasteiger partial charge in [0.1, 0.15) is 0 Å². The number of rotatable bonds is 5.